The number of carbonyl (C=O) groups is 2. The number of carbonyl (C=O) groups excluding carboxylic acids is 2. The van der Waals surface area contributed by atoms with E-state index in [-0.39, 0.29) is 5.91 Å². The molecule has 8 aromatic rings. The average Bonchev–Trinajstić information content (AvgIpc) is 3.66. The highest BCUT2D eigenvalue weighted by molar-refractivity contribution is 6.36. The molecule has 0 spiro atoms. The van der Waals surface area contributed by atoms with Gasteiger partial charge in [-0.1, -0.05) is 121 Å². The van der Waals surface area contributed by atoms with Crippen LogP contribution in [0.25, 0.3) is 61.0 Å². The Morgan fingerprint density at radius 3 is 2.00 bits per heavy atom. The van der Waals surface area contributed by atoms with Gasteiger partial charge in [-0.25, -0.2) is 9.88 Å². The summed E-state index contributed by atoms with van der Waals surface area (Å²) < 4.78 is 2.06. The number of imide groups is 1. The highest BCUT2D eigenvalue weighted by Gasteiger charge is 2.40. The zero-order valence-corrected chi connectivity index (χ0v) is 26.6. The molecule has 3 heterocycles. The number of hydrogen-bond donors (Lipinski definition) is 0. The van der Waals surface area contributed by atoms with Crippen LogP contribution in [-0.2, 0) is 0 Å². The van der Waals surface area contributed by atoms with Crippen LogP contribution in [0.5, 0.6) is 0 Å². The van der Waals surface area contributed by atoms with Crippen LogP contribution in [-0.4, -0.2) is 21.4 Å². The number of para-hydroxylation sites is 2. The van der Waals surface area contributed by atoms with E-state index in [1.165, 1.54) is 4.90 Å². The summed E-state index contributed by atoms with van der Waals surface area (Å²) in [7, 11) is 0. The first kappa shape index (κ1) is 29.1. The van der Waals surface area contributed by atoms with Crippen LogP contribution in [0.4, 0.5) is 5.69 Å². The van der Waals surface area contributed by atoms with Gasteiger partial charge in [0.2, 0.25) is 0 Å². The lowest BCUT2D eigenvalue weighted by Gasteiger charge is -2.20. The lowest BCUT2D eigenvalue weighted by atomic mass is 9.97. The van der Waals surface area contributed by atoms with Gasteiger partial charge in [-0.05, 0) is 53.1 Å². The van der Waals surface area contributed by atoms with Crippen molar-refractivity contribution in [3.63, 3.8) is 0 Å². The molecule has 9 rings (SSSR count). The lowest BCUT2D eigenvalue weighted by Crippen LogP contribution is -2.30. The minimum Gasteiger partial charge on any atom is -0.308 e. The maximum atomic E-state index is 14.9. The molecule has 0 saturated heterocycles. The zero-order valence-electron chi connectivity index (χ0n) is 26.6. The van der Waals surface area contributed by atoms with Crippen LogP contribution in [0.2, 0.25) is 0 Å². The van der Waals surface area contributed by atoms with E-state index in [9.17, 15) is 14.9 Å². The highest BCUT2D eigenvalue weighted by atomic mass is 16.2. The van der Waals surface area contributed by atoms with Crippen LogP contribution >= 0.6 is 0 Å². The van der Waals surface area contributed by atoms with Crippen molar-refractivity contribution in [2.45, 2.75) is 0 Å². The van der Waals surface area contributed by atoms with Crippen molar-refractivity contribution in [3.8, 4) is 45.3 Å². The number of pyridine rings is 1. The molecular weight excluding hydrogens is 617 g/mol. The van der Waals surface area contributed by atoms with Gasteiger partial charge in [-0.3, -0.25) is 9.59 Å². The number of benzene rings is 6. The summed E-state index contributed by atoms with van der Waals surface area (Å²) in [5, 5.41) is 11.6. The number of nitriles is 1. The van der Waals surface area contributed by atoms with Gasteiger partial charge in [0, 0.05) is 21.9 Å². The Balaban J connectivity index is 1.29. The molecule has 234 valence electrons. The van der Waals surface area contributed by atoms with Crippen LogP contribution in [0.1, 0.15) is 26.4 Å². The van der Waals surface area contributed by atoms with Crippen molar-refractivity contribution in [1.29, 1.82) is 5.26 Å². The third-order valence-electron chi connectivity index (χ3n) is 9.40. The molecule has 2 amide bonds. The molecule has 0 fully saturated rings. The van der Waals surface area contributed by atoms with Crippen LogP contribution in [0, 0.1) is 11.3 Å². The Bertz CT molecular complexity index is 2710. The summed E-state index contributed by atoms with van der Waals surface area (Å²) in [5.74, 6) is -0.769. The number of amides is 2. The molecule has 0 unspecified atom stereocenters. The smallest absolute Gasteiger partial charge is 0.268 e. The number of aromatic nitrogens is 2. The fraction of sp³-hybridized carbons (Fsp3) is 0. The van der Waals surface area contributed by atoms with Gasteiger partial charge in [-0.2, -0.15) is 5.26 Å². The Hall–Kier alpha value is -7.10. The van der Waals surface area contributed by atoms with Gasteiger partial charge in [0.05, 0.1) is 39.2 Å². The second-order valence-electron chi connectivity index (χ2n) is 12.2. The van der Waals surface area contributed by atoms with E-state index in [2.05, 4.69) is 27.8 Å². The van der Waals surface area contributed by atoms with E-state index in [1.54, 1.807) is 12.1 Å². The standard InChI is InChI=1S/C44H26N4O2/c45-27-31-16-9-21-37(46-31)35-19-10-18-34-33-17-7-8-22-38(33)47(42(34)35)39-23-11-20-36-41(39)44(50)48(43(36)49)40-26-30(28-12-3-1-4-13-28)24-25-32(40)29-14-5-2-6-15-29/h1-26H. The van der Waals surface area contributed by atoms with Crippen molar-refractivity contribution in [2.75, 3.05) is 4.90 Å². The Morgan fingerprint density at radius 1 is 0.520 bits per heavy atom. The Kier molecular flexibility index (Phi) is 6.72. The summed E-state index contributed by atoms with van der Waals surface area (Å²) >= 11 is 0. The predicted octanol–water partition coefficient (Wildman–Crippen LogP) is 9.85. The van der Waals surface area contributed by atoms with Gasteiger partial charge >= 0.3 is 0 Å². The molecule has 2 aromatic heterocycles. The predicted molar refractivity (Wildman–Crippen MR) is 197 cm³/mol. The SMILES string of the molecule is N#Cc1cccc(-c2cccc3c4ccccc4n(-c4cccc5c4C(=O)N(c4cc(-c6ccccc6)ccc4-c4ccccc4)C5=O)c23)n1. The number of anilines is 1. The topological polar surface area (TPSA) is 79.0 Å². The van der Waals surface area contributed by atoms with Gasteiger partial charge in [0.1, 0.15) is 11.8 Å². The second kappa shape index (κ2) is 11.6. The molecule has 6 nitrogen and oxygen atoms in total. The first-order valence-corrected chi connectivity index (χ1v) is 16.3. The van der Waals surface area contributed by atoms with Crippen molar-refractivity contribution in [2.24, 2.45) is 0 Å². The fourth-order valence-corrected chi connectivity index (χ4v) is 7.18. The maximum absolute atomic E-state index is 14.9. The summed E-state index contributed by atoms with van der Waals surface area (Å²) in [6.45, 7) is 0. The Labute approximate surface area is 287 Å². The maximum Gasteiger partial charge on any atom is 0.268 e. The van der Waals surface area contributed by atoms with Crippen LogP contribution in [0.3, 0.4) is 0 Å². The molecule has 6 heteroatoms. The molecule has 0 atom stereocenters. The lowest BCUT2D eigenvalue weighted by molar-refractivity contribution is 0.0926. The molecule has 0 aliphatic carbocycles. The third kappa shape index (κ3) is 4.45. The normalized spacial score (nSPS) is 12.4. The average molecular weight is 643 g/mol. The molecule has 50 heavy (non-hydrogen) atoms. The molecular formula is C44H26N4O2. The van der Waals surface area contributed by atoms with Crippen molar-refractivity contribution < 1.29 is 9.59 Å². The first-order valence-electron chi connectivity index (χ1n) is 16.3. The molecule has 0 radical (unpaired) electrons. The van der Waals surface area contributed by atoms with Gasteiger partial charge in [-0.15, -0.1) is 0 Å². The second-order valence-corrected chi connectivity index (χ2v) is 12.2. The fourth-order valence-electron chi connectivity index (χ4n) is 7.18. The number of rotatable bonds is 5. The van der Waals surface area contributed by atoms with E-state index in [1.807, 2.05) is 133 Å². The first-order chi connectivity index (χ1) is 24.6. The monoisotopic (exact) mass is 642 g/mol. The molecule has 0 N–H and O–H groups in total. The number of hydrogen-bond acceptors (Lipinski definition) is 4. The van der Waals surface area contributed by atoms with Crippen LogP contribution in [0.15, 0.2) is 158 Å². The van der Waals surface area contributed by atoms with Gasteiger partial charge in [0.25, 0.3) is 11.8 Å². The minimum atomic E-state index is -0.393. The molecule has 1 aliphatic heterocycles. The van der Waals surface area contributed by atoms with E-state index >= 15 is 0 Å². The number of fused-ring (bicyclic) bond motifs is 4. The molecule has 0 bridgehead atoms. The van der Waals surface area contributed by atoms with Crippen molar-refractivity contribution in [1.82, 2.24) is 9.55 Å². The van der Waals surface area contributed by atoms with Crippen molar-refractivity contribution in [3.05, 3.63) is 175 Å². The largest absolute Gasteiger partial charge is 0.308 e. The summed E-state index contributed by atoms with van der Waals surface area (Å²) in [6, 6.07) is 52.7. The molecule has 0 saturated carbocycles. The zero-order chi connectivity index (χ0) is 33.8. The highest BCUT2D eigenvalue weighted by Crippen LogP contribution is 2.43. The minimum absolute atomic E-state index is 0.311. The third-order valence-corrected chi connectivity index (χ3v) is 9.40. The molecule has 6 aromatic carbocycles. The summed E-state index contributed by atoms with van der Waals surface area (Å²) in [4.78, 5) is 35.4. The number of nitrogens with zero attached hydrogens (tertiary/aromatic N) is 4. The van der Waals surface area contributed by atoms with Gasteiger partial charge < -0.3 is 4.57 Å². The van der Waals surface area contributed by atoms with E-state index in [4.69, 9.17) is 0 Å². The summed E-state index contributed by atoms with van der Waals surface area (Å²) in [6.07, 6.45) is 0. The van der Waals surface area contributed by atoms with E-state index in [0.29, 0.717) is 33.9 Å². The van der Waals surface area contributed by atoms with Crippen molar-refractivity contribution >= 4 is 39.3 Å². The Morgan fingerprint density at radius 2 is 1.20 bits per heavy atom. The molecule has 1 aliphatic rings. The van der Waals surface area contributed by atoms with Gasteiger partial charge in [0.15, 0.2) is 0 Å². The quantitative estimate of drug-likeness (QED) is 0.175. The summed E-state index contributed by atoms with van der Waals surface area (Å²) in [5.41, 5.74) is 8.83. The van der Waals surface area contributed by atoms with E-state index in [0.717, 1.165) is 49.6 Å². The van der Waals surface area contributed by atoms with Crippen LogP contribution < -0.4 is 4.90 Å². The van der Waals surface area contributed by atoms with E-state index < -0.39 is 5.91 Å².